The molecule has 0 aromatic heterocycles. The second kappa shape index (κ2) is 7.84. The number of nitrogens with one attached hydrogen (secondary N) is 2. The Hall–Kier alpha value is -3.01. The summed E-state index contributed by atoms with van der Waals surface area (Å²) in [6.07, 6.45) is 2.71. The number of benzene rings is 2. The Morgan fingerprint density at radius 3 is 2.61 bits per heavy atom. The Labute approximate surface area is 136 Å². The highest BCUT2D eigenvalue weighted by atomic mass is 16.1. The van der Waals surface area contributed by atoms with Crippen molar-refractivity contribution < 1.29 is 4.79 Å². The van der Waals surface area contributed by atoms with E-state index in [1.807, 2.05) is 55.5 Å². The number of amidine groups is 1. The molecule has 0 radical (unpaired) electrons. The van der Waals surface area contributed by atoms with E-state index in [2.05, 4.69) is 16.9 Å². The Bertz CT molecular complexity index is 748. The van der Waals surface area contributed by atoms with Crippen LogP contribution in [0.5, 0.6) is 0 Å². The zero-order valence-electron chi connectivity index (χ0n) is 13.0. The van der Waals surface area contributed by atoms with E-state index in [1.54, 1.807) is 0 Å². The van der Waals surface area contributed by atoms with Crippen molar-refractivity contribution in [3.05, 3.63) is 66.2 Å². The van der Waals surface area contributed by atoms with Gasteiger partial charge in [-0.25, -0.2) is 4.99 Å². The van der Waals surface area contributed by atoms with Crippen LogP contribution in [-0.4, -0.2) is 18.3 Å². The van der Waals surface area contributed by atoms with Gasteiger partial charge in [0.2, 0.25) is 0 Å². The van der Waals surface area contributed by atoms with Gasteiger partial charge in [-0.3, -0.25) is 4.79 Å². The molecule has 0 saturated carbocycles. The van der Waals surface area contributed by atoms with Crippen LogP contribution in [0.3, 0.4) is 0 Å². The van der Waals surface area contributed by atoms with Crippen LogP contribution in [-0.2, 0) is 11.2 Å². The number of aliphatic imine (C=N–C) groups is 1. The Morgan fingerprint density at radius 1 is 1.26 bits per heavy atom. The van der Waals surface area contributed by atoms with Crippen LogP contribution >= 0.6 is 0 Å². The molecule has 4 nitrogen and oxygen atoms in total. The summed E-state index contributed by atoms with van der Waals surface area (Å²) in [5.41, 5.74) is 4.08. The molecule has 0 aliphatic rings. The zero-order chi connectivity index (χ0) is 16.7. The summed E-state index contributed by atoms with van der Waals surface area (Å²) in [5.74, 6) is 0.254. The first kappa shape index (κ1) is 16.4. The molecule has 0 bridgehead atoms. The van der Waals surface area contributed by atoms with Crippen molar-refractivity contribution in [3.63, 3.8) is 0 Å². The summed E-state index contributed by atoms with van der Waals surface area (Å²) in [7, 11) is 0. The summed E-state index contributed by atoms with van der Waals surface area (Å²) < 4.78 is 0. The summed E-state index contributed by atoms with van der Waals surface area (Å²) in [4.78, 5) is 15.7. The predicted molar refractivity (Wildman–Crippen MR) is 96.9 cm³/mol. The number of aryl methyl sites for hydroxylation is 1. The van der Waals surface area contributed by atoms with Gasteiger partial charge in [-0.2, -0.15) is 0 Å². The van der Waals surface area contributed by atoms with Crippen molar-refractivity contribution in [1.29, 1.82) is 5.41 Å². The highest BCUT2D eigenvalue weighted by Gasteiger charge is 2.05. The fourth-order valence-corrected chi connectivity index (χ4v) is 2.14. The third-order valence-electron chi connectivity index (χ3n) is 3.40. The van der Waals surface area contributed by atoms with Crippen LogP contribution in [0.4, 0.5) is 11.4 Å². The van der Waals surface area contributed by atoms with Crippen molar-refractivity contribution in [1.82, 2.24) is 0 Å². The molecule has 0 amide bonds. The second-order valence-corrected chi connectivity index (χ2v) is 4.97. The minimum absolute atomic E-state index is 0.254. The summed E-state index contributed by atoms with van der Waals surface area (Å²) in [6.45, 7) is 5.86. The average Bonchev–Trinajstić information content (AvgIpc) is 2.61. The molecule has 2 aromatic rings. The molecule has 0 saturated heterocycles. The van der Waals surface area contributed by atoms with Gasteiger partial charge in [-0.05, 0) is 47.4 Å². The largest absolute Gasteiger partial charge is 0.337 e. The molecule has 0 heterocycles. The minimum atomic E-state index is 0.254. The maximum Gasteiger partial charge on any atom is 0.185 e. The van der Waals surface area contributed by atoms with E-state index in [0.717, 1.165) is 28.9 Å². The van der Waals surface area contributed by atoms with Gasteiger partial charge in [-0.1, -0.05) is 37.8 Å². The molecule has 2 N–H and O–H groups in total. The Balaban J connectivity index is 2.33. The van der Waals surface area contributed by atoms with Gasteiger partial charge >= 0.3 is 0 Å². The Kier molecular flexibility index (Phi) is 5.58. The quantitative estimate of drug-likeness (QED) is 0.476. The van der Waals surface area contributed by atoms with Crippen molar-refractivity contribution >= 4 is 35.3 Å². The maximum atomic E-state index is 11.3. The number of allylic oxidation sites excluding steroid dienone is 1. The molecule has 2 aromatic carbocycles. The minimum Gasteiger partial charge on any atom is -0.337 e. The van der Waals surface area contributed by atoms with Crippen molar-refractivity contribution in [2.24, 2.45) is 4.99 Å². The number of para-hydroxylation sites is 1. The highest BCUT2D eigenvalue weighted by Crippen LogP contribution is 2.24. The third kappa shape index (κ3) is 4.23. The van der Waals surface area contributed by atoms with Crippen LogP contribution in [0.1, 0.15) is 18.1 Å². The molecular weight excluding hydrogens is 286 g/mol. The molecule has 4 heteroatoms. The average molecular weight is 305 g/mol. The fraction of sp³-hybridized carbons (Fsp3) is 0.105. The van der Waals surface area contributed by atoms with Gasteiger partial charge in [0, 0.05) is 11.9 Å². The van der Waals surface area contributed by atoms with Crippen molar-refractivity contribution in [3.8, 4) is 0 Å². The topological polar surface area (TPSA) is 65.3 Å². The maximum absolute atomic E-state index is 11.3. The smallest absolute Gasteiger partial charge is 0.185 e. The van der Waals surface area contributed by atoms with E-state index >= 15 is 0 Å². The monoisotopic (exact) mass is 305 g/mol. The molecule has 23 heavy (non-hydrogen) atoms. The highest BCUT2D eigenvalue weighted by molar-refractivity contribution is 6.33. The second-order valence-electron chi connectivity index (χ2n) is 4.97. The number of hydrogen-bond donors (Lipinski definition) is 2. The lowest BCUT2D eigenvalue weighted by molar-refractivity contribution is -0.102. The summed E-state index contributed by atoms with van der Waals surface area (Å²) in [5, 5.41) is 10.3. The van der Waals surface area contributed by atoms with Crippen LogP contribution in [0, 0.1) is 5.41 Å². The molecule has 2 rings (SSSR count). The van der Waals surface area contributed by atoms with E-state index in [9.17, 15) is 4.79 Å². The summed E-state index contributed by atoms with van der Waals surface area (Å²) >= 11 is 0. The Morgan fingerprint density at radius 2 is 2.00 bits per heavy atom. The number of anilines is 1. The number of carbonyl (C=O) groups excluding carboxylic acids is 1. The van der Waals surface area contributed by atoms with Crippen LogP contribution in [0.2, 0.25) is 0 Å². The number of carbonyl (C=O) groups is 1. The van der Waals surface area contributed by atoms with Crippen molar-refractivity contribution in [2.45, 2.75) is 13.3 Å². The molecule has 0 unspecified atom stereocenters. The van der Waals surface area contributed by atoms with Crippen molar-refractivity contribution in [2.75, 3.05) is 5.32 Å². The van der Waals surface area contributed by atoms with Gasteiger partial charge < -0.3 is 10.7 Å². The molecule has 0 spiro atoms. The number of nitrogens with zero attached hydrogens (tertiary/aromatic N) is 1. The lowest BCUT2D eigenvalue weighted by atomic mass is 10.0. The van der Waals surface area contributed by atoms with Crippen LogP contribution < -0.4 is 5.32 Å². The van der Waals surface area contributed by atoms with Crippen LogP contribution in [0.15, 0.2) is 60.1 Å². The van der Waals surface area contributed by atoms with Crippen LogP contribution in [0.25, 0.3) is 5.57 Å². The van der Waals surface area contributed by atoms with Gasteiger partial charge in [0.1, 0.15) is 0 Å². The van der Waals surface area contributed by atoms with Gasteiger partial charge in [-0.15, -0.1) is 0 Å². The number of hydrogen-bond acceptors (Lipinski definition) is 3. The van der Waals surface area contributed by atoms with Gasteiger partial charge in [0.05, 0.1) is 5.69 Å². The molecule has 0 aliphatic carbocycles. The lowest BCUT2D eigenvalue weighted by Crippen LogP contribution is -2.13. The molecule has 0 atom stereocenters. The molecule has 0 aliphatic heterocycles. The molecule has 0 fully saturated rings. The SMILES string of the molecule is C=C(C=N)c1ccc(N=C(C=O)Nc2ccccc2)c(CC)c1. The van der Waals surface area contributed by atoms with E-state index in [4.69, 9.17) is 5.41 Å². The van der Waals surface area contributed by atoms with E-state index in [-0.39, 0.29) is 5.84 Å². The first-order chi connectivity index (χ1) is 11.2. The summed E-state index contributed by atoms with van der Waals surface area (Å²) in [6, 6.07) is 15.1. The predicted octanol–water partition coefficient (Wildman–Crippen LogP) is 4.25. The normalized spacial score (nSPS) is 10.9. The lowest BCUT2D eigenvalue weighted by Gasteiger charge is -2.09. The van der Waals surface area contributed by atoms with E-state index in [1.165, 1.54) is 6.21 Å². The standard InChI is InChI=1S/C19H19N3O/c1-3-15-11-16(14(2)12-20)9-10-18(15)22-19(13-23)21-17-7-5-4-6-8-17/h4-13,20H,2-3H2,1H3,(H,21,22). The van der Waals surface area contributed by atoms with Gasteiger partial charge in [0.15, 0.2) is 12.1 Å². The third-order valence-corrected chi connectivity index (χ3v) is 3.40. The number of rotatable bonds is 6. The van der Waals surface area contributed by atoms with E-state index < -0.39 is 0 Å². The van der Waals surface area contributed by atoms with Gasteiger partial charge in [0.25, 0.3) is 0 Å². The number of aldehydes is 1. The molecule has 116 valence electrons. The first-order valence-electron chi connectivity index (χ1n) is 7.36. The fourth-order valence-electron chi connectivity index (χ4n) is 2.14. The van der Waals surface area contributed by atoms with E-state index in [0.29, 0.717) is 11.9 Å². The molecular formula is C19H19N3O. The first-order valence-corrected chi connectivity index (χ1v) is 7.36. The zero-order valence-corrected chi connectivity index (χ0v) is 13.0.